The van der Waals surface area contributed by atoms with Crippen molar-refractivity contribution in [1.29, 1.82) is 5.26 Å². The van der Waals surface area contributed by atoms with Crippen LogP contribution in [0, 0.1) is 18.3 Å². The maximum atomic E-state index is 12.4. The van der Waals surface area contributed by atoms with Crippen LogP contribution in [0.1, 0.15) is 25.1 Å². The molecule has 9 nitrogen and oxygen atoms in total. The van der Waals surface area contributed by atoms with E-state index < -0.39 is 20.0 Å². The first-order chi connectivity index (χ1) is 11.6. The second-order valence-electron chi connectivity index (χ2n) is 5.54. The summed E-state index contributed by atoms with van der Waals surface area (Å²) < 4.78 is 53.5. The number of nitrogens with zero attached hydrogens (tertiary/aromatic N) is 2. The third-order valence-electron chi connectivity index (χ3n) is 3.13. The summed E-state index contributed by atoms with van der Waals surface area (Å²) in [5, 5.41) is 15.3. The SMILES string of the molecule is Cc1[nH]nc(NS(=O)(=O)c2ccc(S(=O)(=O)NC(C)C)cc2)c1C#N. The molecule has 2 aromatic rings. The fourth-order valence-electron chi connectivity index (χ4n) is 2.00. The molecule has 0 radical (unpaired) electrons. The molecule has 0 fully saturated rings. The molecule has 25 heavy (non-hydrogen) atoms. The summed E-state index contributed by atoms with van der Waals surface area (Å²) in [6, 6.07) is 6.30. The predicted octanol–water partition coefficient (Wildman–Crippen LogP) is 1.08. The second kappa shape index (κ2) is 6.83. The summed E-state index contributed by atoms with van der Waals surface area (Å²) in [4.78, 5) is -0.200. The van der Waals surface area contributed by atoms with E-state index in [2.05, 4.69) is 19.6 Å². The Morgan fingerprint density at radius 3 is 2.08 bits per heavy atom. The Hall–Kier alpha value is -2.42. The van der Waals surface area contributed by atoms with Gasteiger partial charge in [-0.2, -0.15) is 10.4 Å². The molecule has 0 saturated heterocycles. The van der Waals surface area contributed by atoms with Gasteiger partial charge in [-0.25, -0.2) is 21.6 Å². The van der Waals surface area contributed by atoms with Gasteiger partial charge >= 0.3 is 0 Å². The predicted molar refractivity (Wildman–Crippen MR) is 90.7 cm³/mol. The first kappa shape index (κ1) is 18.9. The van der Waals surface area contributed by atoms with Gasteiger partial charge in [0.05, 0.1) is 15.5 Å². The number of nitrogens with one attached hydrogen (secondary N) is 3. The lowest BCUT2D eigenvalue weighted by Gasteiger charge is -2.10. The van der Waals surface area contributed by atoms with Gasteiger partial charge in [0.25, 0.3) is 10.0 Å². The highest BCUT2D eigenvalue weighted by molar-refractivity contribution is 7.92. The Kier molecular flexibility index (Phi) is 5.17. The molecule has 0 saturated carbocycles. The number of anilines is 1. The lowest BCUT2D eigenvalue weighted by atomic mass is 10.3. The molecule has 134 valence electrons. The summed E-state index contributed by atoms with van der Waals surface area (Å²) in [6.45, 7) is 4.95. The van der Waals surface area contributed by atoms with Gasteiger partial charge in [-0.05, 0) is 45.0 Å². The highest BCUT2D eigenvalue weighted by Gasteiger charge is 2.21. The molecule has 0 atom stereocenters. The monoisotopic (exact) mass is 383 g/mol. The van der Waals surface area contributed by atoms with E-state index >= 15 is 0 Å². The minimum absolute atomic E-state index is 0.0477. The van der Waals surface area contributed by atoms with E-state index in [9.17, 15) is 16.8 Å². The number of rotatable bonds is 6. The number of aromatic amines is 1. The van der Waals surface area contributed by atoms with Crippen molar-refractivity contribution in [2.75, 3.05) is 4.72 Å². The molecular formula is C14H17N5O4S2. The number of hydrogen-bond donors (Lipinski definition) is 3. The molecule has 0 aliphatic rings. The van der Waals surface area contributed by atoms with Gasteiger partial charge in [0.15, 0.2) is 5.82 Å². The number of sulfonamides is 2. The Labute approximate surface area is 146 Å². The minimum Gasteiger partial charge on any atom is -0.279 e. The quantitative estimate of drug-likeness (QED) is 0.680. The van der Waals surface area contributed by atoms with Crippen molar-refractivity contribution in [2.45, 2.75) is 36.6 Å². The third kappa shape index (κ3) is 4.16. The molecule has 0 aliphatic heterocycles. The molecule has 0 spiro atoms. The van der Waals surface area contributed by atoms with Crippen LogP contribution in [-0.2, 0) is 20.0 Å². The van der Waals surface area contributed by atoms with Crippen molar-refractivity contribution < 1.29 is 16.8 Å². The summed E-state index contributed by atoms with van der Waals surface area (Å²) in [6.07, 6.45) is 0. The standard InChI is InChI=1S/C14H17N5O4S2/c1-9(2)18-24(20,21)11-4-6-12(7-5-11)25(22,23)19-14-13(8-15)10(3)16-17-14/h4-7,9,18H,1-3H3,(H2,16,17,19). The zero-order valence-corrected chi connectivity index (χ0v) is 15.4. The van der Waals surface area contributed by atoms with Crippen LogP contribution in [0.3, 0.4) is 0 Å². The zero-order valence-electron chi connectivity index (χ0n) is 13.7. The van der Waals surface area contributed by atoms with E-state index in [0.29, 0.717) is 5.69 Å². The zero-order chi connectivity index (χ0) is 18.8. The van der Waals surface area contributed by atoms with Crippen LogP contribution >= 0.6 is 0 Å². The van der Waals surface area contributed by atoms with Gasteiger partial charge in [0, 0.05) is 6.04 Å². The molecular weight excluding hydrogens is 366 g/mol. The Morgan fingerprint density at radius 1 is 1.08 bits per heavy atom. The third-order valence-corrected chi connectivity index (χ3v) is 6.15. The summed E-state index contributed by atoms with van der Waals surface area (Å²) >= 11 is 0. The molecule has 1 aromatic heterocycles. The number of aromatic nitrogens is 2. The minimum atomic E-state index is -4.02. The lowest BCUT2D eigenvalue weighted by Crippen LogP contribution is -2.30. The fraction of sp³-hybridized carbons (Fsp3) is 0.286. The Morgan fingerprint density at radius 2 is 1.60 bits per heavy atom. The van der Waals surface area contributed by atoms with Crippen molar-refractivity contribution >= 4 is 25.9 Å². The summed E-state index contributed by atoms with van der Waals surface area (Å²) in [5.41, 5.74) is 0.519. The van der Waals surface area contributed by atoms with Gasteiger partial charge in [-0.1, -0.05) is 0 Å². The first-order valence-electron chi connectivity index (χ1n) is 7.17. The highest BCUT2D eigenvalue weighted by Crippen LogP contribution is 2.20. The maximum Gasteiger partial charge on any atom is 0.263 e. The summed E-state index contributed by atoms with van der Waals surface area (Å²) in [5.74, 6) is -0.113. The fourth-order valence-corrected chi connectivity index (χ4v) is 4.27. The van der Waals surface area contributed by atoms with E-state index in [1.165, 1.54) is 24.3 Å². The number of benzene rings is 1. The van der Waals surface area contributed by atoms with E-state index in [0.717, 1.165) is 0 Å². The number of nitriles is 1. The van der Waals surface area contributed by atoms with Crippen LogP contribution in [-0.4, -0.2) is 33.1 Å². The van der Waals surface area contributed by atoms with Crippen LogP contribution < -0.4 is 9.44 Å². The molecule has 0 amide bonds. The molecule has 1 heterocycles. The number of aryl methyl sites for hydroxylation is 1. The van der Waals surface area contributed by atoms with E-state index in [1.807, 2.05) is 6.07 Å². The van der Waals surface area contributed by atoms with E-state index in [1.54, 1.807) is 20.8 Å². The van der Waals surface area contributed by atoms with Crippen LogP contribution in [0.4, 0.5) is 5.82 Å². The maximum absolute atomic E-state index is 12.4. The van der Waals surface area contributed by atoms with Crippen molar-refractivity contribution in [3.63, 3.8) is 0 Å². The topological polar surface area (TPSA) is 145 Å². The molecule has 2 rings (SSSR count). The van der Waals surface area contributed by atoms with Gasteiger partial charge < -0.3 is 0 Å². The second-order valence-corrected chi connectivity index (χ2v) is 8.93. The van der Waals surface area contributed by atoms with Crippen LogP contribution in [0.25, 0.3) is 0 Å². The number of hydrogen-bond acceptors (Lipinski definition) is 6. The van der Waals surface area contributed by atoms with E-state index in [-0.39, 0.29) is 27.2 Å². The van der Waals surface area contributed by atoms with E-state index in [4.69, 9.17) is 5.26 Å². The van der Waals surface area contributed by atoms with Crippen molar-refractivity contribution in [1.82, 2.24) is 14.9 Å². The van der Waals surface area contributed by atoms with Gasteiger partial charge in [-0.15, -0.1) is 0 Å². The molecule has 0 unspecified atom stereocenters. The smallest absolute Gasteiger partial charge is 0.263 e. The molecule has 0 aliphatic carbocycles. The van der Waals surface area contributed by atoms with Crippen LogP contribution in [0.5, 0.6) is 0 Å². The lowest BCUT2D eigenvalue weighted by molar-refractivity contribution is 0.569. The van der Waals surface area contributed by atoms with Crippen molar-refractivity contribution in [3.05, 3.63) is 35.5 Å². The van der Waals surface area contributed by atoms with Crippen LogP contribution in [0.15, 0.2) is 34.1 Å². The highest BCUT2D eigenvalue weighted by atomic mass is 32.2. The largest absolute Gasteiger partial charge is 0.279 e. The molecule has 3 N–H and O–H groups in total. The van der Waals surface area contributed by atoms with Crippen molar-refractivity contribution in [2.24, 2.45) is 0 Å². The van der Waals surface area contributed by atoms with Gasteiger partial charge in [-0.3, -0.25) is 9.82 Å². The summed E-state index contributed by atoms with van der Waals surface area (Å²) in [7, 11) is -7.73. The first-order valence-corrected chi connectivity index (χ1v) is 10.1. The van der Waals surface area contributed by atoms with Gasteiger partial charge in [0.2, 0.25) is 10.0 Å². The average molecular weight is 383 g/mol. The Balaban J connectivity index is 2.31. The normalized spacial score (nSPS) is 12.1. The van der Waals surface area contributed by atoms with Gasteiger partial charge in [0.1, 0.15) is 11.6 Å². The van der Waals surface area contributed by atoms with Crippen molar-refractivity contribution in [3.8, 4) is 6.07 Å². The number of H-pyrrole nitrogens is 1. The van der Waals surface area contributed by atoms with Crippen LogP contribution in [0.2, 0.25) is 0 Å². The Bertz CT molecular complexity index is 1020. The average Bonchev–Trinajstić information content (AvgIpc) is 2.85. The molecule has 1 aromatic carbocycles. The molecule has 0 bridgehead atoms. The molecule has 11 heteroatoms.